The average molecular weight is 234 g/mol. The molecule has 2 rings (SSSR count). The van der Waals surface area contributed by atoms with Crippen LogP contribution >= 0.6 is 11.6 Å². The first kappa shape index (κ1) is 10.8. The summed E-state index contributed by atoms with van der Waals surface area (Å²) in [6, 6.07) is 6.82. The average Bonchev–Trinajstić information content (AvgIpc) is 2.30. The molecule has 0 aromatic heterocycles. The minimum Gasteiger partial charge on any atom is -0.296 e. The van der Waals surface area contributed by atoms with Crippen molar-refractivity contribution in [2.75, 3.05) is 0 Å². The fraction of sp³-hybridized carbons (Fsp3) is 0.0833. The normalized spacial score (nSPS) is 19.4. The van der Waals surface area contributed by atoms with Crippen molar-refractivity contribution in [3.05, 3.63) is 47.1 Å². The number of hydrogen-bond donors (Lipinski definition) is 0. The molecule has 0 saturated heterocycles. The maximum Gasteiger partial charge on any atom is 0.170 e. The van der Waals surface area contributed by atoms with Crippen LogP contribution in [0, 0.1) is 0 Å². The summed E-state index contributed by atoms with van der Waals surface area (Å²) < 4.78 is 0. The minimum absolute atomic E-state index is 0.139. The van der Waals surface area contributed by atoms with E-state index in [1.54, 1.807) is 24.3 Å². The summed E-state index contributed by atoms with van der Waals surface area (Å²) in [5.41, 5.74) is 0.958. The molecule has 0 radical (unpaired) electrons. The molecule has 0 spiro atoms. The van der Waals surface area contributed by atoms with E-state index < -0.39 is 5.92 Å². The van der Waals surface area contributed by atoms with Gasteiger partial charge in [0.15, 0.2) is 12.1 Å². The summed E-state index contributed by atoms with van der Waals surface area (Å²) >= 11 is 5.76. The van der Waals surface area contributed by atoms with E-state index in [0.29, 0.717) is 11.3 Å². The van der Waals surface area contributed by atoms with Crippen LogP contribution in [-0.4, -0.2) is 17.8 Å². The zero-order chi connectivity index (χ0) is 11.5. The highest BCUT2D eigenvalue weighted by Gasteiger charge is 2.26. The molecule has 1 atom stereocenters. The smallest absolute Gasteiger partial charge is 0.170 e. The Morgan fingerprint density at radius 1 is 1.25 bits per heavy atom. The Balaban J connectivity index is 2.42. The molecule has 1 aromatic carbocycles. The molecule has 1 heterocycles. The number of ketones is 1. The predicted octanol–water partition coefficient (Wildman–Crippen LogP) is 2.16. The van der Waals surface area contributed by atoms with Crippen molar-refractivity contribution in [2.45, 2.75) is 5.92 Å². The molecule has 1 aliphatic heterocycles. The van der Waals surface area contributed by atoms with Crippen LogP contribution in [0.2, 0.25) is 5.02 Å². The minimum atomic E-state index is -0.597. The second-order valence-electron chi connectivity index (χ2n) is 3.37. The van der Waals surface area contributed by atoms with Gasteiger partial charge in [-0.2, -0.15) is 0 Å². The molecule has 3 nitrogen and oxygen atoms in total. The highest BCUT2D eigenvalue weighted by Crippen LogP contribution is 2.23. The Hall–Kier alpha value is -1.74. The molecular weight excluding hydrogens is 226 g/mol. The summed E-state index contributed by atoms with van der Waals surface area (Å²) in [6.45, 7) is 0. The van der Waals surface area contributed by atoms with Crippen molar-refractivity contribution >= 4 is 29.4 Å². The number of aliphatic imine (C=N–C) groups is 1. The van der Waals surface area contributed by atoms with Gasteiger partial charge in [0, 0.05) is 17.3 Å². The van der Waals surface area contributed by atoms with Crippen molar-refractivity contribution in [1.82, 2.24) is 0 Å². The molecule has 1 aliphatic rings. The van der Waals surface area contributed by atoms with Crippen LogP contribution in [-0.2, 0) is 9.59 Å². The molecule has 1 aromatic rings. The molecule has 0 aliphatic carbocycles. The van der Waals surface area contributed by atoms with Crippen molar-refractivity contribution < 1.29 is 9.59 Å². The third kappa shape index (κ3) is 1.95. The van der Waals surface area contributed by atoms with E-state index in [2.05, 4.69) is 4.99 Å². The third-order valence-electron chi connectivity index (χ3n) is 2.37. The van der Waals surface area contributed by atoms with E-state index >= 15 is 0 Å². The van der Waals surface area contributed by atoms with Gasteiger partial charge in [-0.3, -0.25) is 14.6 Å². The molecule has 0 amide bonds. The van der Waals surface area contributed by atoms with Crippen molar-refractivity contribution in [3.8, 4) is 0 Å². The molecule has 0 saturated carbocycles. The van der Waals surface area contributed by atoms with Gasteiger partial charge in [-0.15, -0.1) is 0 Å². The molecular formula is C12H8ClNO2. The number of rotatable bonds is 2. The monoisotopic (exact) mass is 233 g/mol. The first-order valence-electron chi connectivity index (χ1n) is 4.71. The van der Waals surface area contributed by atoms with Gasteiger partial charge in [0.05, 0.1) is 11.6 Å². The molecule has 0 bridgehead atoms. The predicted molar refractivity (Wildman–Crippen MR) is 61.8 cm³/mol. The van der Waals surface area contributed by atoms with E-state index in [1.807, 2.05) is 0 Å². The van der Waals surface area contributed by atoms with Crippen LogP contribution in [0.25, 0.3) is 0 Å². The fourth-order valence-corrected chi connectivity index (χ4v) is 1.73. The van der Waals surface area contributed by atoms with Gasteiger partial charge in [0.1, 0.15) is 0 Å². The van der Waals surface area contributed by atoms with E-state index in [-0.39, 0.29) is 11.5 Å². The topological polar surface area (TPSA) is 46.5 Å². The van der Waals surface area contributed by atoms with Crippen LogP contribution < -0.4 is 0 Å². The maximum absolute atomic E-state index is 11.7. The molecule has 16 heavy (non-hydrogen) atoms. The summed E-state index contributed by atoms with van der Waals surface area (Å²) in [6.07, 6.45) is 3.32. The second kappa shape index (κ2) is 4.41. The summed E-state index contributed by atoms with van der Waals surface area (Å²) in [4.78, 5) is 26.4. The van der Waals surface area contributed by atoms with Gasteiger partial charge in [-0.1, -0.05) is 23.7 Å². The van der Waals surface area contributed by atoms with Gasteiger partial charge in [0.25, 0.3) is 0 Å². The molecule has 1 unspecified atom stereocenters. The Kier molecular flexibility index (Phi) is 2.97. The van der Waals surface area contributed by atoms with Crippen LogP contribution in [0.5, 0.6) is 0 Å². The quantitative estimate of drug-likeness (QED) is 0.735. The molecule has 0 fully saturated rings. The molecule has 4 heteroatoms. The number of nitrogens with zero attached hydrogens (tertiary/aromatic N) is 1. The van der Waals surface area contributed by atoms with E-state index in [9.17, 15) is 9.59 Å². The Morgan fingerprint density at radius 3 is 2.56 bits per heavy atom. The maximum atomic E-state index is 11.7. The second-order valence-corrected chi connectivity index (χ2v) is 3.81. The first-order valence-corrected chi connectivity index (χ1v) is 5.09. The third-order valence-corrected chi connectivity index (χ3v) is 2.62. The van der Waals surface area contributed by atoms with E-state index in [4.69, 9.17) is 11.6 Å². The van der Waals surface area contributed by atoms with Gasteiger partial charge in [-0.25, -0.2) is 0 Å². The lowest BCUT2D eigenvalue weighted by Crippen LogP contribution is -2.23. The number of carbonyl (C=O) groups excluding carboxylic acids is 2. The van der Waals surface area contributed by atoms with Crippen LogP contribution in [0.3, 0.4) is 0 Å². The lowest BCUT2D eigenvalue weighted by molar-refractivity contribution is -0.115. The fourth-order valence-electron chi connectivity index (χ4n) is 1.60. The van der Waals surface area contributed by atoms with Crippen molar-refractivity contribution in [2.24, 2.45) is 4.99 Å². The Morgan fingerprint density at radius 2 is 1.94 bits per heavy atom. The number of aldehydes is 1. The Labute approximate surface area is 97.4 Å². The molecule has 80 valence electrons. The highest BCUT2D eigenvalue weighted by atomic mass is 35.5. The lowest BCUT2D eigenvalue weighted by atomic mass is 9.89. The lowest BCUT2D eigenvalue weighted by Gasteiger charge is -2.15. The SMILES string of the molecule is O=CC1=NC=CC(=O)C1c1ccc(Cl)cc1. The zero-order valence-corrected chi connectivity index (χ0v) is 9.02. The van der Waals surface area contributed by atoms with E-state index in [1.165, 1.54) is 12.3 Å². The Bertz CT molecular complexity index is 488. The van der Waals surface area contributed by atoms with Crippen LogP contribution in [0.4, 0.5) is 0 Å². The number of benzene rings is 1. The first-order chi connectivity index (χ1) is 7.72. The largest absolute Gasteiger partial charge is 0.296 e. The zero-order valence-electron chi connectivity index (χ0n) is 8.26. The van der Waals surface area contributed by atoms with Gasteiger partial charge < -0.3 is 0 Å². The standard InChI is InChI=1S/C12H8ClNO2/c13-9-3-1-8(2-4-9)12-10(7-15)14-6-5-11(12)16/h1-7,12H. The van der Waals surface area contributed by atoms with Crippen molar-refractivity contribution in [3.63, 3.8) is 0 Å². The van der Waals surface area contributed by atoms with Gasteiger partial charge in [-0.05, 0) is 17.7 Å². The van der Waals surface area contributed by atoms with Gasteiger partial charge >= 0.3 is 0 Å². The number of allylic oxidation sites excluding steroid dienone is 1. The van der Waals surface area contributed by atoms with E-state index in [0.717, 1.165) is 5.56 Å². The highest BCUT2D eigenvalue weighted by molar-refractivity contribution is 6.38. The summed E-state index contributed by atoms with van der Waals surface area (Å²) in [5, 5.41) is 0.590. The van der Waals surface area contributed by atoms with Crippen molar-refractivity contribution in [1.29, 1.82) is 0 Å². The number of halogens is 1. The van der Waals surface area contributed by atoms with Crippen LogP contribution in [0.15, 0.2) is 41.5 Å². The summed E-state index contributed by atoms with van der Waals surface area (Å²) in [5.74, 6) is -0.737. The summed E-state index contributed by atoms with van der Waals surface area (Å²) in [7, 11) is 0. The van der Waals surface area contributed by atoms with Crippen LogP contribution in [0.1, 0.15) is 11.5 Å². The molecule has 0 N–H and O–H groups in total. The number of hydrogen-bond acceptors (Lipinski definition) is 3. The number of carbonyl (C=O) groups is 2. The van der Waals surface area contributed by atoms with Gasteiger partial charge in [0.2, 0.25) is 0 Å².